The number of carbonyl (C=O) groups excluding carboxylic acids is 1. The fraction of sp³-hybridized carbons (Fsp3) is 0.300. The molecule has 1 aromatic rings. The van der Waals surface area contributed by atoms with Crippen molar-refractivity contribution in [3.63, 3.8) is 0 Å². The van der Waals surface area contributed by atoms with Gasteiger partial charge in [-0.3, -0.25) is 4.79 Å². The molecular formula is C10H7F5O3. The van der Waals surface area contributed by atoms with Crippen molar-refractivity contribution in [2.75, 3.05) is 6.61 Å². The number of halogens is 5. The smallest absolute Gasteiger partial charge is 0.417 e. The second-order valence-electron chi connectivity index (χ2n) is 3.30. The van der Waals surface area contributed by atoms with E-state index in [9.17, 15) is 26.7 Å². The van der Waals surface area contributed by atoms with E-state index < -0.39 is 36.3 Å². The summed E-state index contributed by atoms with van der Waals surface area (Å²) in [4.78, 5) is 10.3. The van der Waals surface area contributed by atoms with Gasteiger partial charge < -0.3 is 9.84 Å². The summed E-state index contributed by atoms with van der Waals surface area (Å²) < 4.78 is 66.3. The average molecular weight is 270 g/mol. The molecule has 0 saturated carbocycles. The largest absolute Gasteiger partial charge is 0.484 e. The van der Waals surface area contributed by atoms with Gasteiger partial charge in [-0.2, -0.15) is 13.2 Å². The first kappa shape index (κ1) is 14.4. The molecule has 1 aromatic carbocycles. The lowest BCUT2D eigenvalue weighted by Gasteiger charge is -2.15. The summed E-state index contributed by atoms with van der Waals surface area (Å²) >= 11 is 0. The van der Waals surface area contributed by atoms with Crippen molar-refractivity contribution in [2.45, 2.75) is 12.3 Å². The number of benzene rings is 1. The van der Waals surface area contributed by atoms with Crippen molar-refractivity contribution in [3.8, 4) is 5.75 Å². The van der Waals surface area contributed by atoms with Crippen LogP contribution in [0.1, 0.15) is 10.4 Å². The third-order valence-corrected chi connectivity index (χ3v) is 1.92. The Morgan fingerprint density at radius 3 is 2.17 bits per heavy atom. The average Bonchev–Trinajstić information content (AvgIpc) is 2.25. The molecule has 0 aliphatic carbocycles. The van der Waals surface area contributed by atoms with Crippen LogP contribution in [0.25, 0.3) is 0 Å². The lowest BCUT2D eigenvalue weighted by Crippen LogP contribution is -2.34. The Hall–Kier alpha value is -1.70. The van der Waals surface area contributed by atoms with Gasteiger partial charge >= 0.3 is 6.18 Å². The summed E-state index contributed by atoms with van der Waals surface area (Å²) in [6, 6.07) is 1.21. The highest BCUT2D eigenvalue weighted by Gasteiger charge is 2.39. The number of hydrogen-bond acceptors (Lipinski definition) is 3. The fourth-order valence-corrected chi connectivity index (χ4v) is 1.04. The fourth-order valence-electron chi connectivity index (χ4n) is 1.04. The van der Waals surface area contributed by atoms with E-state index in [4.69, 9.17) is 5.11 Å². The first-order valence-corrected chi connectivity index (χ1v) is 4.57. The zero-order valence-corrected chi connectivity index (χ0v) is 8.67. The molecule has 0 aromatic heterocycles. The molecule has 18 heavy (non-hydrogen) atoms. The number of aliphatic hydroxyl groups is 1. The van der Waals surface area contributed by atoms with Crippen molar-refractivity contribution in [2.24, 2.45) is 0 Å². The number of hydrogen-bond donors (Lipinski definition) is 1. The van der Waals surface area contributed by atoms with Crippen molar-refractivity contribution >= 4 is 6.29 Å². The second kappa shape index (κ2) is 5.30. The number of rotatable bonds is 4. The van der Waals surface area contributed by atoms with Gasteiger partial charge in [-0.05, 0) is 12.1 Å². The van der Waals surface area contributed by atoms with Crippen LogP contribution in [-0.4, -0.2) is 30.3 Å². The van der Waals surface area contributed by atoms with Crippen LogP contribution < -0.4 is 4.74 Å². The SMILES string of the molecule is O=Cc1cc(F)c(OCC(O)C(F)(F)F)c(F)c1. The van der Waals surface area contributed by atoms with Gasteiger partial charge in [0.25, 0.3) is 0 Å². The van der Waals surface area contributed by atoms with Gasteiger partial charge in [0.2, 0.25) is 0 Å². The Kier molecular flexibility index (Phi) is 4.23. The number of carbonyl (C=O) groups is 1. The van der Waals surface area contributed by atoms with Gasteiger partial charge in [0.15, 0.2) is 23.5 Å². The number of ether oxygens (including phenoxy) is 1. The van der Waals surface area contributed by atoms with Gasteiger partial charge in [-0.1, -0.05) is 0 Å². The normalized spacial score (nSPS) is 13.2. The van der Waals surface area contributed by atoms with Crippen LogP contribution in [0.15, 0.2) is 12.1 Å². The van der Waals surface area contributed by atoms with Crippen LogP contribution in [0.4, 0.5) is 22.0 Å². The van der Waals surface area contributed by atoms with Crippen LogP contribution in [0.5, 0.6) is 5.75 Å². The summed E-state index contributed by atoms with van der Waals surface area (Å²) in [7, 11) is 0. The predicted octanol–water partition coefficient (Wildman–Crippen LogP) is 2.08. The van der Waals surface area contributed by atoms with Crippen LogP contribution >= 0.6 is 0 Å². The molecule has 1 atom stereocenters. The standard InChI is InChI=1S/C10H7F5O3/c11-6-1-5(3-16)2-7(12)9(6)18-4-8(17)10(13,14)15/h1-3,8,17H,4H2. The van der Waals surface area contributed by atoms with E-state index in [-0.39, 0.29) is 11.8 Å². The third kappa shape index (κ3) is 3.39. The molecule has 3 nitrogen and oxygen atoms in total. The lowest BCUT2D eigenvalue weighted by molar-refractivity contribution is -0.211. The van der Waals surface area contributed by atoms with Crippen LogP contribution in [0.3, 0.4) is 0 Å². The molecule has 0 aliphatic rings. The van der Waals surface area contributed by atoms with E-state index in [2.05, 4.69) is 4.74 Å². The molecule has 8 heteroatoms. The molecule has 1 unspecified atom stereocenters. The molecule has 0 spiro atoms. The Morgan fingerprint density at radius 1 is 1.28 bits per heavy atom. The van der Waals surface area contributed by atoms with E-state index in [1.165, 1.54) is 0 Å². The molecule has 0 heterocycles. The van der Waals surface area contributed by atoms with Gasteiger partial charge in [0, 0.05) is 5.56 Å². The molecule has 0 bridgehead atoms. The number of aldehydes is 1. The van der Waals surface area contributed by atoms with Gasteiger partial charge in [-0.25, -0.2) is 8.78 Å². The molecule has 0 amide bonds. The maximum Gasteiger partial charge on any atom is 0.417 e. The minimum atomic E-state index is -4.95. The molecule has 100 valence electrons. The minimum absolute atomic E-state index is 0.167. The van der Waals surface area contributed by atoms with E-state index in [0.29, 0.717) is 12.1 Å². The zero-order valence-electron chi connectivity index (χ0n) is 8.67. The highest BCUT2D eigenvalue weighted by molar-refractivity contribution is 5.75. The summed E-state index contributed by atoms with van der Waals surface area (Å²) in [6.45, 7) is -1.35. The van der Waals surface area contributed by atoms with E-state index >= 15 is 0 Å². The lowest BCUT2D eigenvalue weighted by atomic mass is 10.2. The van der Waals surface area contributed by atoms with Crippen LogP contribution in [0.2, 0.25) is 0 Å². The van der Waals surface area contributed by atoms with Crippen LogP contribution in [0, 0.1) is 11.6 Å². The quantitative estimate of drug-likeness (QED) is 0.673. The minimum Gasteiger partial charge on any atom is -0.484 e. The zero-order chi connectivity index (χ0) is 13.9. The van der Waals surface area contributed by atoms with Crippen molar-refractivity contribution in [1.82, 2.24) is 0 Å². The first-order chi connectivity index (χ1) is 8.25. The molecule has 1 N–H and O–H groups in total. The molecule has 0 aliphatic heterocycles. The summed E-state index contributed by atoms with van der Waals surface area (Å²) in [5.41, 5.74) is -0.325. The molecule has 1 rings (SSSR count). The molecular weight excluding hydrogens is 263 g/mol. The van der Waals surface area contributed by atoms with Gasteiger partial charge in [0.1, 0.15) is 12.9 Å². The number of aliphatic hydroxyl groups excluding tert-OH is 1. The second-order valence-corrected chi connectivity index (χ2v) is 3.30. The maximum absolute atomic E-state index is 13.2. The van der Waals surface area contributed by atoms with E-state index in [1.54, 1.807) is 0 Å². The first-order valence-electron chi connectivity index (χ1n) is 4.57. The number of alkyl halides is 3. The Labute approximate surface area is 97.8 Å². The highest BCUT2D eigenvalue weighted by Crippen LogP contribution is 2.25. The third-order valence-electron chi connectivity index (χ3n) is 1.92. The van der Waals surface area contributed by atoms with Crippen LogP contribution in [-0.2, 0) is 0 Å². The Morgan fingerprint density at radius 2 is 1.78 bits per heavy atom. The monoisotopic (exact) mass is 270 g/mol. The van der Waals surface area contributed by atoms with Crippen molar-refractivity contribution in [1.29, 1.82) is 0 Å². The predicted molar refractivity (Wildman–Crippen MR) is 49.3 cm³/mol. The summed E-state index contributed by atoms with van der Waals surface area (Å²) in [5.74, 6) is -3.73. The van der Waals surface area contributed by atoms with Gasteiger partial charge in [-0.15, -0.1) is 0 Å². The van der Waals surface area contributed by atoms with Crippen molar-refractivity contribution in [3.05, 3.63) is 29.3 Å². The molecule has 0 radical (unpaired) electrons. The van der Waals surface area contributed by atoms with E-state index in [1.807, 2.05) is 0 Å². The molecule has 0 saturated heterocycles. The summed E-state index contributed by atoms with van der Waals surface area (Å²) in [6.07, 6.45) is -7.64. The highest BCUT2D eigenvalue weighted by atomic mass is 19.4. The van der Waals surface area contributed by atoms with E-state index in [0.717, 1.165) is 0 Å². The van der Waals surface area contributed by atoms with Crippen molar-refractivity contribution < 1.29 is 36.6 Å². The maximum atomic E-state index is 13.2. The summed E-state index contributed by atoms with van der Waals surface area (Å²) in [5, 5.41) is 8.58. The molecule has 0 fully saturated rings. The Bertz CT molecular complexity index is 421. The topological polar surface area (TPSA) is 46.5 Å². The Balaban J connectivity index is 2.83. The van der Waals surface area contributed by atoms with Gasteiger partial charge in [0.05, 0.1) is 0 Å².